The van der Waals surface area contributed by atoms with E-state index in [2.05, 4.69) is 41.1 Å². The lowest BCUT2D eigenvalue weighted by atomic mass is 10.0. The van der Waals surface area contributed by atoms with Crippen molar-refractivity contribution in [2.24, 2.45) is 0 Å². The van der Waals surface area contributed by atoms with Crippen molar-refractivity contribution in [2.75, 3.05) is 27.9 Å². The molecular weight excluding hydrogens is 376 g/mol. The summed E-state index contributed by atoms with van der Waals surface area (Å²) in [7, 11) is 4.96. The lowest BCUT2D eigenvalue weighted by Crippen LogP contribution is -2.25. The molecule has 0 saturated heterocycles. The van der Waals surface area contributed by atoms with Crippen LogP contribution in [0.2, 0.25) is 0 Å². The van der Waals surface area contributed by atoms with Gasteiger partial charge in [0.25, 0.3) is 0 Å². The summed E-state index contributed by atoms with van der Waals surface area (Å²) in [5.74, 6) is 2.04. The van der Waals surface area contributed by atoms with E-state index in [-0.39, 0.29) is 12.4 Å². The van der Waals surface area contributed by atoms with Crippen LogP contribution in [0.15, 0.2) is 30.3 Å². The summed E-state index contributed by atoms with van der Waals surface area (Å²) in [4.78, 5) is 0. The number of ether oxygens (including phenoxy) is 3. The Morgan fingerprint density at radius 2 is 1.79 bits per heavy atom. The van der Waals surface area contributed by atoms with Crippen LogP contribution >= 0.6 is 12.4 Å². The number of methoxy groups -OCH3 is 3. The average Bonchev–Trinajstić information content (AvgIpc) is 3.00. The van der Waals surface area contributed by atoms with Gasteiger partial charge in [-0.15, -0.1) is 12.4 Å². The summed E-state index contributed by atoms with van der Waals surface area (Å²) in [5, 5.41) is 4.88. The Kier molecular flexibility index (Phi) is 6.06. The van der Waals surface area contributed by atoms with Gasteiger partial charge in [0.15, 0.2) is 11.5 Å². The fraction of sp³-hybridized carbons (Fsp3) is 0.364. The molecule has 0 amide bonds. The molecular formula is C22H27ClN2O3. The number of hydrogen-bond acceptors (Lipinski definition) is 4. The quantitative estimate of drug-likeness (QED) is 0.698. The Morgan fingerprint density at radius 3 is 2.50 bits per heavy atom. The van der Waals surface area contributed by atoms with Crippen molar-refractivity contribution in [3.63, 3.8) is 0 Å². The number of hydrogen-bond donors (Lipinski definition) is 1. The average molecular weight is 403 g/mol. The second kappa shape index (κ2) is 8.33. The molecule has 2 aromatic carbocycles. The maximum atomic E-state index is 5.70. The zero-order chi connectivity index (χ0) is 19.0. The molecule has 0 aliphatic carbocycles. The molecule has 0 atom stereocenters. The van der Waals surface area contributed by atoms with Crippen LogP contribution in [-0.4, -0.2) is 32.4 Å². The number of benzene rings is 2. The first-order chi connectivity index (χ1) is 13.2. The number of fused-ring (bicyclic) bond motifs is 3. The Labute approximate surface area is 172 Å². The molecule has 28 heavy (non-hydrogen) atoms. The molecule has 5 nitrogen and oxygen atoms in total. The summed E-state index contributed by atoms with van der Waals surface area (Å²) in [6.07, 6.45) is 1.06. The van der Waals surface area contributed by atoms with Gasteiger partial charge in [-0.05, 0) is 49.7 Å². The van der Waals surface area contributed by atoms with Crippen LogP contribution in [0, 0.1) is 6.92 Å². The molecule has 0 radical (unpaired) electrons. The standard InChI is InChI=1S/C22H26N2O3.ClH/c1-14-5-7-18-17(11-14)16-9-10-23-12-19(16)24(18)13-15-6-8-20(25-2)22(27-4)21(15)26-3;/h5-8,11,23H,9-10,12-13H2,1-4H3;1H. The molecule has 3 aromatic rings. The molecule has 0 bridgehead atoms. The van der Waals surface area contributed by atoms with E-state index in [0.29, 0.717) is 11.5 Å². The van der Waals surface area contributed by atoms with Crippen LogP contribution < -0.4 is 19.5 Å². The van der Waals surface area contributed by atoms with E-state index >= 15 is 0 Å². The van der Waals surface area contributed by atoms with Crippen LogP contribution in [0.4, 0.5) is 0 Å². The third-order valence-corrected chi connectivity index (χ3v) is 5.40. The smallest absolute Gasteiger partial charge is 0.203 e. The van der Waals surface area contributed by atoms with Gasteiger partial charge in [-0.2, -0.15) is 0 Å². The summed E-state index contributed by atoms with van der Waals surface area (Å²) in [5.41, 5.74) is 6.46. The molecule has 0 fully saturated rings. The molecule has 1 aliphatic rings. The SMILES string of the molecule is COc1ccc(Cn2c3c(c4cc(C)ccc42)CCNC3)c(OC)c1OC.Cl. The van der Waals surface area contributed by atoms with E-state index < -0.39 is 0 Å². The van der Waals surface area contributed by atoms with E-state index in [1.54, 1.807) is 21.3 Å². The fourth-order valence-electron chi connectivity index (χ4n) is 4.13. The first-order valence-corrected chi connectivity index (χ1v) is 9.27. The molecule has 1 aliphatic heterocycles. The Hall–Kier alpha value is -2.37. The predicted molar refractivity (Wildman–Crippen MR) is 115 cm³/mol. The number of nitrogens with zero attached hydrogens (tertiary/aromatic N) is 1. The topological polar surface area (TPSA) is 44.7 Å². The number of aryl methyl sites for hydroxylation is 1. The van der Waals surface area contributed by atoms with Crippen LogP contribution in [0.5, 0.6) is 17.2 Å². The summed E-state index contributed by atoms with van der Waals surface area (Å²) < 4.78 is 19.1. The van der Waals surface area contributed by atoms with Gasteiger partial charge >= 0.3 is 0 Å². The predicted octanol–water partition coefficient (Wildman–Crippen LogP) is 4.09. The van der Waals surface area contributed by atoms with Crippen molar-refractivity contribution in [1.82, 2.24) is 9.88 Å². The van der Waals surface area contributed by atoms with E-state index in [0.717, 1.165) is 37.4 Å². The molecule has 4 rings (SSSR count). The van der Waals surface area contributed by atoms with E-state index in [4.69, 9.17) is 14.2 Å². The van der Waals surface area contributed by atoms with Gasteiger partial charge in [0.05, 0.1) is 27.9 Å². The van der Waals surface area contributed by atoms with Crippen molar-refractivity contribution in [3.8, 4) is 17.2 Å². The van der Waals surface area contributed by atoms with Crippen molar-refractivity contribution in [3.05, 3.63) is 52.7 Å². The van der Waals surface area contributed by atoms with Crippen molar-refractivity contribution in [2.45, 2.75) is 26.4 Å². The largest absolute Gasteiger partial charge is 0.493 e. The normalized spacial score (nSPS) is 13.0. The van der Waals surface area contributed by atoms with Gasteiger partial charge in [0, 0.05) is 28.7 Å². The summed E-state index contributed by atoms with van der Waals surface area (Å²) in [6.45, 7) is 4.79. The molecule has 1 aromatic heterocycles. The summed E-state index contributed by atoms with van der Waals surface area (Å²) >= 11 is 0. The third kappa shape index (κ3) is 3.29. The van der Waals surface area contributed by atoms with Crippen LogP contribution in [0.25, 0.3) is 10.9 Å². The third-order valence-electron chi connectivity index (χ3n) is 5.40. The van der Waals surface area contributed by atoms with Gasteiger partial charge in [-0.25, -0.2) is 0 Å². The lowest BCUT2D eigenvalue weighted by Gasteiger charge is -2.20. The van der Waals surface area contributed by atoms with Crippen LogP contribution in [0.3, 0.4) is 0 Å². The monoisotopic (exact) mass is 402 g/mol. The number of nitrogens with one attached hydrogen (secondary N) is 1. The fourth-order valence-corrected chi connectivity index (χ4v) is 4.13. The highest BCUT2D eigenvalue weighted by Crippen LogP contribution is 2.41. The highest BCUT2D eigenvalue weighted by atomic mass is 35.5. The second-order valence-corrected chi connectivity index (χ2v) is 6.95. The highest BCUT2D eigenvalue weighted by molar-refractivity contribution is 5.87. The minimum atomic E-state index is 0. The first kappa shape index (κ1) is 20.4. The van der Waals surface area contributed by atoms with Crippen molar-refractivity contribution >= 4 is 23.3 Å². The van der Waals surface area contributed by atoms with E-state index in [1.165, 1.54) is 27.7 Å². The Bertz CT molecular complexity index is 997. The van der Waals surface area contributed by atoms with Gasteiger partial charge in [0.1, 0.15) is 0 Å². The maximum absolute atomic E-state index is 5.70. The van der Waals surface area contributed by atoms with Gasteiger partial charge < -0.3 is 24.1 Å². The van der Waals surface area contributed by atoms with Crippen LogP contribution in [0.1, 0.15) is 22.4 Å². The molecule has 150 valence electrons. The van der Waals surface area contributed by atoms with Crippen LogP contribution in [-0.2, 0) is 19.5 Å². The van der Waals surface area contributed by atoms with Crippen molar-refractivity contribution < 1.29 is 14.2 Å². The number of aromatic nitrogens is 1. The number of halogens is 1. The highest BCUT2D eigenvalue weighted by Gasteiger charge is 2.22. The van der Waals surface area contributed by atoms with E-state index in [1.807, 2.05) is 6.07 Å². The minimum Gasteiger partial charge on any atom is -0.493 e. The molecule has 0 unspecified atom stereocenters. The summed E-state index contributed by atoms with van der Waals surface area (Å²) in [6, 6.07) is 10.7. The maximum Gasteiger partial charge on any atom is 0.203 e. The zero-order valence-electron chi connectivity index (χ0n) is 16.8. The van der Waals surface area contributed by atoms with Gasteiger partial charge in [0.2, 0.25) is 5.75 Å². The van der Waals surface area contributed by atoms with Crippen molar-refractivity contribution in [1.29, 1.82) is 0 Å². The second-order valence-electron chi connectivity index (χ2n) is 6.95. The number of rotatable bonds is 5. The van der Waals surface area contributed by atoms with Gasteiger partial charge in [-0.3, -0.25) is 0 Å². The molecule has 1 N–H and O–H groups in total. The molecule has 2 heterocycles. The Balaban J connectivity index is 0.00000225. The lowest BCUT2D eigenvalue weighted by molar-refractivity contribution is 0.321. The minimum absolute atomic E-state index is 0. The molecule has 6 heteroatoms. The first-order valence-electron chi connectivity index (χ1n) is 9.27. The van der Waals surface area contributed by atoms with Gasteiger partial charge in [-0.1, -0.05) is 11.6 Å². The zero-order valence-corrected chi connectivity index (χ0v) is 17.6. The molecule has 0 spiro atoms. The van der Waals surface area contributed by atoms with E-state index in [9.17, 15) is 0 Å². The Morgan fingerprint density at radius 1 is 1.00 bits per heavy atom. The molecule has 0 saturated carbocycles.